The van der Waals surface area contributed by atoms with E-state index in [1.807, 2.05) is 5.32 Å². The van der Waals surface area contributed by atoms with Gasteiger partial charge < -0.3 is 47.1 Å². The Morgan fingerprint density at radius 2 is 1.61 bits per heavy atom. The molecule has 3 amide bonds. The van der Waals surface area contributed by atoms with E-state index in [-0.39, 0.29) is 6.42 Å². The Hall–Kier alpha value is -3.07. The van der Waals surface area contributed by atoms with Crippen molar-refractivity contribution in [3.63, 3.8) is 0 Å². The lowest BCUT2D eigenvalue weighted by atomic mass is 10.1. The van der Waals surface area contributed by atoms with Gasteiger partial charge in [-0.05, 0) is 13.8 Å². The van der Waals surface area contributed by atoms with Gasteiger partial charge in [-0.3, -0.25) is 14.4 Å². The minimum absolute atomic E-state index is 0.0880. The lowest BCUT2D eigenvalue weighted by Gasteiger charge is -2.26. The molecule has 0 spiro atoms. The second-order valence-corrected chi connectivity index (χ2v) is 6.92. The average Bonchev–Trinajstić information content (AvgIpc) is 3.20. The van der Waals surface area contributed by atoms with Gasteiger partial charge in [-0.25, -0.2) is 9.78 Å². The summed E-state index contributed by atoms with van der Waals surface area (Å²) in [6.07, 6.45) is -0.235. The minimum Gasteiger partial charge on any atom is -0.480 e. The molecule has 0 aliphatic carbocycles. The quantitative estimate of drug-likeness (QED) is 0.150. The summed E-state index contributed by atoms with van der Waals surface area (Å²) in [5, 5.41) is 44.2. The smallest absolute Gasteiger partial charge is 0.328 e. The van der Waals surface area contributed by atoms with Crippen LogP contribution in [0.4, 0.5) is 0 Å². The van der Waals surface area contributed by atoms with E-state index in [9.17, 15) is 29.4 Å². The third-order valence-corrected chi connectivity index (χ3v) is 4.25. The first-order valence-corrected chi connectivity index (χ1v) is 9.31. The van der Waals surface area contributed by atoms with Gasteiger partial charge in [0.15, 0.2) is 6.04 Å². The number of carbonyl (C=O) groups excluding carboxylic acids is 3. The Kier molecular flexibility index (Phi) is 10.0. The summed E-state index contributed by atoms with van der Waals surface area (Å²) in [4.78, 5) is 55.0. The third-order valence-electron chi connectivity index (χ3n) is 4.25. The number of nitrogens with one attached hydrogen (secondary N) is 4. The molecular weight excluding hydrogens is 416 g/mol. The molecule has 6 unspecified atom stereocenters. The molecule has 1 heterocycles. The molecule has 0 saturated carbocycles. The predicted molar refractivity (Wildman–Crippen MR) is 104 cm³/mol. The number of rotatable bonds is 12. The number of aliphatic hydroxyl groups excluding tert-OH is 3. The van der Waals surface area contributed by atoms with Crippen LogP contribution in [-0.4, -0.2) is 97.1 Å². The summed E-state index contributed by atoms with van der Waals surface area (Å²) in [6.45, 7) is 1.67. The molecule has 1 aromatic heterocycles. The van der Waals surface area contributed by atoms with Crippen molar-refractivity contribution in [3.8, 4) is 0 Å². The lowest BCUT2D eigenvalue weighted by Crippen LogP contribution is -2.61. The summed E-state index contributed by atoms with van der Waals surface area (Å²) in [6, 6.07) is -5.84. The zero-order valence-electron chi connectivity index (χ0n) is 17.0. The summed E-state index contributed by atoms with van der Waals surface area (Å²) < 4.78 is 0. The van der Waals surface area contributed by atoms with E-state index in [2.05, 4.69) is 20.6 Å². The topological polar surface area (TPSA) is 240 Å². The Bertz CT molecular complexity index is 754. The van der Waals surface area contributed by atoms with Gasteiger partial charge >= 0.3 is 5.97 Å². The van der Waals surface area contributed by atoms with Crippen molar-refractivity contribution in [3.05, 3.63) is 18.2 Å². The van der Waals surface area contributed by atoms with Crippen LogP contribution in [0.2, 0.25) is 0 Å². The van der Waals surface area contributed by atoms with Crippen molar-refractivity contribution in [1.29, 1.82) is 0 Å². The SMILES string of the molecule is CC(O)C(NC(=O)C(NC(=O)C(Cc1cnc[nH]1)NC(=O)C(N)CO)C(C)O)C(=O)O. The van der Waals surface area contributed by atoms with Crippen LogP contribution in [-0.2, 0) is 25.6 Å². The predicted octanol–water partition coefficient (Wildman–Crippen LogP) is -4.43. The number of amides is 3. The maximum atomic E-state index is 12.8. The molecule has 14 nitrogen and oxygen atoms in total. The van der Waals surface area contributed by atoms with Gasteiger partial charge in [0.2, 0.25) is 17.7 Å². The minimum atomic E-state index is -1.67. The van der Waals surface area contributed by atoms with Crippen LogP contribution in [0.3, 0.4) is 0 Å². The molecule has 31 heavy (non-hydrogen) atoms. The second kappa shape index (κ2) is 11.9. The molecule has 0 aromatic carbocycles. The Labute approximate surface area is 177 Å². The summed E-state index contributed by atoms with van der Waals surface area (Å²) in [5.41, 5.74) is 5.90. The molecule has 6 atom stereocenters. The summed E-state index contributed by atoms with van der Waals surface area (Å²) in [5.74, 6) is -4.30. The molecule has 1 rings (SSSR count). The van der Waals surface area contributed by atoms with Gasteiger partial charge in [-0.2, -0.15) is 0 Å². The van der Waals surface area contributed by atoms with Crippen molar-refractivity contribution in [2.75, 3.05) is 6.61 Å². The van der Waals surface area contributed by atoms with Crippen LogP contribution in [0.25, 0.3) is 0 Å². The maximum absolute atomic E-state index is 12.8. The number of hydrogen-bond donors (Lipinski definition) is 9. The van der Waals surface area contributed by atoms with Crippen molar-refractivity contribution in [2.24, 2.45) is 5.73 Å². The average molecular weight is 444 g/mol. The number of imidazole rings is 1. The van der Waals surface area contributed by atoms with Crippen molar-refractivity contribution >= 4 is 23.7 Å². The number of hydrogen-bond acceptors (Lipinski definition) is 9. The van der Waals surface area contributed by atoms with E-state index in [1.165, 1.54) is 19.4 Å². The zero-order valence-corrected chi connectivity index (χ0v) is 17.0. The van der Waals surface area contributed by atoms with Crippen molar-refractivity contribution in [2.45, 2.75) is 56.6 Å². The molecule has 10 N–H and O–H groups in total. The normalized spacial score (nSPS) is 16.8. The third kappa shape index (κ3) is 7.93. The van der Waals surface area contributed by atoms with Gasteiger partial charge in [-0.1, -0.05) is 0 Å². The monoisotopic (exact) mass is 444 g/mol. The molecule has 1 aromatic rings. The first-order valence-electron chi connectivity index (χ1n) is 9.31. The van der Waals surface area contributed by atoms with E-state index in [0.717, 1.165) is 6.92 Å². The lowest BCUT2D eigenvalue weighted by molar-refractivity contribution is -0.146. The van der Waals surface area contributed by atoms with Gasteiger partial charge in [0, 0.05) is 18.3 Å². The first kappa shape index (κ1) is 26.0. The number of carbonyl (C=O) groups is 4. The number of nitrogens with two attached hydrogens (primary N) is 1. The number of aliphatic hydroxyl groups is 3. The number of H-pyrrole nitrogens is 1. The Balaban J connectivity index is 3.00. The highest BCUT2D eigenvalue weighted by Gasteiger charge is 2.34. The number of aliphatic carboxylic acids is 1. The maximum Gasteiger partial charge on any atom is 0.328 e. The fourth-order valence-corrected chi connectivity index (χ4v) is 2.48. The van der Waals surface area contributed by atoms with E-state index in [4.69, 9.17) is 15.9 Å². The van der Waals surface area contributed by atoms with Crippen LogP contribution in [0.15, 0.2) is 12.5 Å². The molecule has 0 saturated heterocycles. The van der Waals surface area contributed by atoms with Crippen LogP contribution >= 0.6 is 0 Å². The Morgan fingerprint density at radius 1 is 1.03 bits per heavy atom. The highest BCUT2D eigenvalue weighted by molar-refractivity contribution is 5.94. The van der Waals surface area contributed by atoms with Crippen molar-refractivity contribution < 1.29 is 39.6 Å². The summed E-state index contributed by atoms with van der Waals surface area (Å²) >= 11 is 0. The Morgan fingerprint density at radius 3 is 2.06 bits per heavy atom. The fraction of sp³-hybridized carbons (Fsp3) is 0.588. The number of aromatic nitrogens is 2. The summed E-state index contributed by atoms with van der Waals surface area (Å²) in [7, 11) is 0. The van der Waals surface area contributed by atoms with Gasteiger partial charge in [0.1, 0.15) is 18.1 Å². The molecule has 14 heteroatoms. The van der Waals surface area contributed by atoms with Crippen LogP contribution in [0.1, 0.15) is 19.5 Å². The molecular formula is C17H28N6O8. The molecule has 0 fully saturated rings. The van der Waals surface area contributed by atoms with E-state index < -0.39 is 66.7 Å². The van der Waals surface area contributed by atoms with E-state index in [1.54, 1.807) is 0 Å². The number of aromatic amines is 1. The van der Waals surface area contributed by atoms with Gasteiger partial charge in [0.25, 0.3) is 0 Å². The van der Waals surface area contributed by atoms with Gasteiger partial charge in [-0.15, -0.1) is 0 Å². The van der Waals surface area contributed by atoms with Crippen molar-refractivity contribution in [1.82, 2.24) is 25.9 Å². The van der Waals surface area contributed by atoms with Crippen LogP contribution < -0.4 is 21.7 Å². The first-order chi connectivity index (χ1) is 14.5. The second-order valence-electron chi connectivity index (χ2n) is 6.92. The van der Waals surface area contributed by atoms with E-state index in [0.29, 0.717) is 5.69 Å². The highest BCUT2D eigenvalue weighted by Crippen LogP contribution is 2.03. The molecule has 0 aliphatic heterocycles. The number of nitrogens with zero attached hydrogens (tertiary/aromatic N) is 1. The number of carboxylic acid groups (broad SMARTS) is 1. The standard InChI is InChI=1S/C17H28N6O8/c1-7(25)12(16(29)23-13(8(2)26)17(30)31)22-15(28)11(3-9-4-19-6-20-9)21-14(27)10(18)5-24/h4,6-8,10-13,24-26H,3,5,18H2,1-2H3,(H,19,20)(H,21,27)(H,22,28)(H,23,29)(H,30,31). The van der Waals surface area contributed by atoms with Crippen LogP contribution in [0, 0.1) is 0 Å². The largest absolute Gasteiger partial charge is 0.480 e. The molecule has 174 valence electrons. The van der Waals surface area contributed by atoms with E-state index >= 15 is 0 Å². The molecule has 0 bridgehead atoms. The van der Waals surface area contributed by atoms with Crippen LogP contribution in [0.5, 0.6) is 0 Å². The highest BCUT2D eigenvalue weighted by atomic mass is 16.4. The molecule has 0 radical (unpaired) electrons. The molecule has 0 aliphatic rings. The van der Waals surface area contributed by atoms with Gasteiger partial charge in [0.05, 0.1) is 25.1 Å². The number of carboxylic acids is 1. The fourth-order valence-electron chi connectivity index (χ4n) is 2.48. The zero-order chi connectivity index (χ0) is 23.7.